The van der Waals surface area contributed by atoms with Gasteiger partial charge >= 0.3 is 0 Å². The Balaban J connectivity index is 2.07. The SMILES string of the molecule is Cc1ccccc1[C@H](C)NCc1cccc(F)c1O. The zero-order valence-electron chi connectivity index (χ0n) is 11.2. The first-order chi connectivity index (χ1) is 9.09. The summed E-state index contributed by atoms with van der Waals surface area (Å²) in [5.74, 6) is -0.852. The minimum absolute atomic E-state index is 0.142. The molecule has 0 bridgehead atoms. The van der Waals surface area contributed by atoms with Crippen molar-refractivity contribution in [3.05, 3.63) is 65.0 Å². The molecule has 100 valence electrons. The number of benzene rings is 2. The Morgan fingerprint density at radius 3 is 2.63 bits per heavy atom. The van der Waals surface area contributed by atoms with E-state index in [2.05, 4.69) is 31.3 Å². The predicted octanol–water partition coefficient (Wildman–Crippen LogP) is 3.69. The molecule has 0 unspecified atom stereocenters. The minimum atomic E-state index is -0.581. The van der Waals surface area contributed by atoms with Crippen LogP contribution in [0.3, 0.4) is 0 Å². The third-order valence-corrected chi connectivity index (χ3v) is 3.32. The summed E-state index contributed by atoms with van der Waals surface area (Å²) in [5, 5.41) is 12.9. The lowest BCUT2D eigenvalue weighted by atomic mass is 10.0. The first kappa shape index (κ1) is 13.6. The van der Waals surface area contributed by atoms with Gasteiger partial charge in [0.15, 0.2) is 11.6 Å². The molecule has 0 aliphatic rings. The maximum Gasteiger partial charge on any atom is 0.165 e. The number of phenols is 1. The summed E-state index contributed by atoms with van der Waals surface area (Å²) < 4.78 is 13.2. The lowest BCUT2D eigenvalue weighted by Gasteiger charge is -2.17. The van der Waals surface area contributed by atoms with Crippen LogP contribution in [0.5, 0.6) is 5.75 Å². The molecular formula is C16H18FNO. The Morgan fingerprint density at radius 2 is 1.89 bits per heavy atom. The Hall–Kier alpha value is -1.87. The summed E-state index contributed by atoms with van der Waals surface area (Å²) >= 11 is 0. The summed E-state index contributed by atoms with van der Waals surface area (Å²) in [6.45, 7) is 4.55. The summed E-state index contributed by atoms with van der Waals surface area (Å²) in [7, 11) is 0. The van der Waals surface area contributed by atoms with E-state index in [9.17, 15) is 9.50 Å². The van der Waals surface area contributed by atoms with Crippen molar-refractivity contribution < 1.29 is 9.50 Å². The molecule has 0 saturated heterocycles. The van der Waals surface area contributed by atoms with Crippen LogP contribution >= 0.6 is 0 Å². The molecule has 2 aromatic carbocycles. The molecule has 3 heteroatoms. The molecule has 0 aliphatic carbocycles. The van der Waals surface area contributed by atoms with E-state index in [1.54, 1.807) is 12.1 Å². The van der Waals surface area contributed by atoms with E-state index in [-0.39, 0.29) is 11.8 Å². The standard InChI is InChI=1S/C16H18FNO/c1-11-6-3-4-8-14(11)12(2)18-10-13-7-5-9-15(17)16(13)19/h3-9,12,18-19H,10H2,1-2H3/t12-/m0/s1. The van der Waals surface area contributed by atoms with Gasteiger partial charge in [0.25, 0.3) is 0 Å². The first-order valence-electron chi connectivity index (χ1n) is 6.35. The van der Waals surface area contributed by atoms with Gasteiger partial charge in [0, 0.05) is 18.2 Å². The summed E-state index contributed by atoms with van der Waals surface area (Å²) in [6, 6.07) is 12.9. The fourth-order valence-corrected chi connectivity index (χ4v) is 2.15. The molecule has 0 spiro atoms. The van der Waals surface area contributed by atoms with Gasteiger partial charge in [-0.05, 0) is 31.0 Å². The van der Waals surface area contributed by atoms with Gasteiger partial charge in [-0.15, -0.1) is 0 Å². The van der Waals surface area contributed by atoms with E-state index in [0.717, 1.165) is 0 Å². The second-order valence-corrected chi connectivity index (χ2v) is 4.71. The molecule has 1 atom stereocenters. The Labute approximate surface area is 112 Å². The molecule has 0 radical (unpaired) electrons. The second kappa shape index (κ2) is 5.85. The lowest BCUT2D eigenvalue weighted by Crippen LogP contribution is -2.19. The minimum Gasteiger partial charge on any atom is -0.505 e. The lowest BCUT2D eigenvalue weighted by molar-refractivity contribution is 0.420. The number of aryl methyl sites for hydroxylation is 1. The highest BCUT2D eigenvalue weighted by Gasteiger charge is 2.10. The smallest absolute Gasteiger partial charge is 0.165 e. The maximum atomic E-state index is 13.2. The Morgan fingerprint density at radius 1 is 1.16 bits per heavy atom. The van der Waals surface area contributed by atoms with Gasteiger partial charge < -0.3 is 10.4 Å². The van der Waals surface area contributed by atoms with Crippen molar-refractivity contribution in [1.29, 1.82) is 0 Å². The number of nitrogens with one attached hydrogen (secondary N) is 1. The van der Waals surface area contributed by atoms with Crippen LogP contribution in [0.4, 0.5) is 4.39 Å². The van der Waals surface area contributed by atoms with E-state index >= 15 is 0 Å². The monoisotopic (exact) mass is 259 g/mol. The molecule has 0 saturated carbocycles. The van der Waals surface area contributed by atoms with Gasteiger partial charge in [0.1, 0.15) is 0 Å². The number of hydrogen-bond acceptors (Lipinski definition) is 2. The Kier molecular flexibility index (Phi) is 4.17. The van der Waals surface area contributed by atoms with Crippen molar-refractivity contribution >= 4 is 0 Å². The fourth-order valence-electron chi connectivity index (χ4n) is 2.15. The van der Waals surface area contributed by atoms with Crippen LogP contribution in [0.1, 0.15) is 29.7 Å². The van der Waals surface area contributed by atoms with Crippen LogP contribution in [-0.4, -0.2) is 5.11 Å². The second-order valence-electron chi connectivity index (χ2n) is 4.71. The molecule has 2 N–H and O–H groups in total. The highest BCUT2D eigenvalue weighted by molar-refractivity contribution is 5.34. The van der Waals surface area contributed by atoms with Gasteiger partial charge in [0.05, 0.1) is 0 Å². The number of para-hydroxylation sites is 1. The third kappa shape index (κ3) is 3.12. The zero-order chi connectivity index (χ0) is 13.8. The summed E-state index contributed by atoms with van der Waals surface area (Å²) in [6.07, 6.45) is 0. The molecule has 0 aromatic heterocycles. The van der Waals surface area contributed by atoms with Crippen LogP contribution in [0.2, 0.25) is 0 Å². The quantitative estimate of drug-likeness (QED) is 0.877. The summed E-state index contributed by atoms with van der Waals surface area (Å²) in [4.78, 5) is 0. The average Bonchev–Trinajstić information content (AvgIpc) is 2.40. The van der Waals surface area contributed by atoms with E-state index in [1.165, 1.54) is 17.2 Å². The van der Waals surface area contributed by atoms with Crippen LogP contribution in [0.25, 0.3) is 0 Å². The molecular weight excluding hydrogens is 241 g/mol. The molecule has 2 aromatic rings. The van der Waals surface area contributed by atoms with Crippen molar-refractivity contribution in [3.63, 3.8) is 0 Å². The van der Waals surface area contributed by atoms with Crippen molar-refractivity contribution in [2.24, 2.45) is 0 Å². The van der Waals surface area contributed by atoms with Gasteiger partial charge in [-0.1, -0.05) is 36.4 Å². The molecule has 2 rings (SSSR count). The van der Waals surface area contributed by atoms with Crippen LogP contribution in [-0.2, 0) is 6.54 Å². The van der Waals surface area contributed by atoms with E-state index in [1.807, 2.05) is 12.1 Å². The predicted molar refractivity (Wildman–Crippen MR) is 74.5 cm³/mol. The van der Waals surface area contributed by atoms with Crippen molar-refractivity contribution in [1.82, 2.24) is 5.32 Å². The number of hydrogen-bond donors (Lipinski definition) is 2. The topological polar surface area (TPSA) is 32.3 Å². The van der Waals surface area contributed by atoms with Crippen molar-refractivity contribution in [2.45, 2.75) is 26.4 Å². The summed E-state index contributed by atoms with van der Waals surface area (Å²) in [5.41, 5.74) is 2.99. The maximum absolute atomic E-state index is 13.2. The highest BCUT2D eigenvalue weighted by atomic mass is 19.1. The van der Waals surface area contributed by atoms with Crippen LogP contribution in [0, 0.1) is 12.7 Å². The van der Waals surface area contributed by atoms with Crippen LogP contribution in [0.15, 0.2) is 42.5 Å². The van der Waals surface area contributed by atoms with Gasteiger partial charge in [-0.2, -0.15) is 0 Å². The molecule has 0 heterocycles. The normalized spacial score (nSPS) is 12.4. The van der Waals surface area contributed by atoms with E-state index < -0.39 is 5.82 Å². The number of halogens is 1. The third-order valence-electron chi connectivity index (χ3n) is 3.32. The van der Waals surface area contributed by atoms with Gasteiger partial charge in [-0.3, -0.25) is 0 Å². The molecule has 0 fully saturated rings. The van der Waals surface area contributed by atoms with Gasteiger partial charge in [-0.25, -0.2) is 4.39 Å². The highest BCUT2D eigenvalue weighted by Crippen LogP contribution is 2.22. The van der Waals surface area contributed by atoms with Gasteiger partial charge in [0.2, 0.25) is 0 Å². The van der Waals surface area contributed by atoms with Crippen molar-refractivity contribution in [3.8, 4) is 5.75 Å². The van der Waals surface area contributed by atoms with E-state index in [0.29, 0.717) is 12.1 Å². The largest absolute Gasteiger partial charge is 0.505 e. The number of aromatic hydroxyl groups is 1. The number of rotatable bonds is 4. The van der Waals surface area contributed by atoms with Crippen LogP contribution < -0.4 is 5.32 Å². The molecule has 19 heavy (non-hydrogen) atoms. The fraction of sp³-hybridized carbons (Fsp3) is 0.250. The zero-order valence-corrected chi connectivity index (χ0v) is 11.2. The van der Waals surface area contributed by atoms with E-state index in [4.69, 9.17) is 0 Å². The number of phenolic OH excluding ortho intramolecular Hbond substituents is 1. The average molecular weight is 259 g/mol. The molecule has 0 aliphatic heterocycles. The van der Waals surface area contributed by atoms with Crippen molar-refractivity contribution in [2.75, 3.05) is 0 Å². The molecule has 2 nitrogen and oxygen atoms in total. The molecule has 0 amide bonds. The Bertz CT molecular complexity index is 568. The first-order valence-corrected chi connectivity index (χ1v) is 6.35.